The Hall–Kier alpha value is -3.43. The summed E-state index contributed by atoms with van der Waals surface area (Å²) in [6.07, 6.45) is 0.363. The Bertz CT molecular complexity index is 963. The lowest BCUT2D eigenvalue weighted by atomic mass is 10.0. The van der Waals surface area contributed by atoms with Gasteiger partial charge in [-0.1, -0.05) is 42.5 Å². The second kappa shape index (κ2) is 8.79. The Morgan fingerprint density at radius 3 is 2.56 bits per heavy atom. The van der Waals surface area contributed by atoms with Crippen LogP contribution in [0.4, 0.5) is 5.69 Å². The number of benzene rings is 2. The molecule has 1 aromatic heterocycles. The van der Waals surface area contributed by atoms with E-state index in [0.29, 0.717) is 22.5 Å². The normalized spacial score (nSPS) is 11.2. The van der Waals surface area contributed by atoms with Crippen molar-refractivity contribution >= 4 is 28.8 Å². The quantitative estimate of drug-likeness (QED) is 0.691. The van der Waals surface area contributed by atoms with Crippen LogP contribution in [0, 0.1) is 11.3 Å². The number of anilines is 1. The van der Waals surface area contributed by atoms with Gasteiger partial charge >= 0.3 is 0 Å². The van der Waals surface area contributed by atoms with Gasteiger partial charge in [-0.2, -0.15) is 5.26 Å². The molecule has 0 aliphatic heterocycles. The summed E-state index contributed by atoms with van der Waals surface area (Å²) >= 11 is 1.32. The molecule has 1 unspecified atom stereocenters. The standard InChI is InChI=1S/C21H17N3O2S/c22-14-16-8-4-9-17(12-16)23-20(25)18(13-15-6-2-1-3-7-15)24-21(26)19-10-5-11-27-19/h1-12,18H,13H2,(H,23,25)(H,24,26). The predicted octanol–water partition coefficient (Wildman–Crippen LogP) is 3.60. The smallest absolute Gasteiger partial charge is 0.262 e. The first kappa shape index (κ1) is 18.4. The number of hydrogen-bond acceptors (Lipinski definition) is 4. The molecule has 1 atom stereocenters. The number of carbonyl (C=O) groups is 2. The first-order chi connectivity index (χ1) is 13.2. The van der Waals surface area contributed by atoms with Crippen molar-refractivity contribution in [2.45, 2.75) is 12.5 Å². The Balaban J connectivity index is 1.78. The van der Waals surface area contributed by atoms with Crippen LogP contribution in [0.3, 0.4) is 0 Å². The molecule has 5 nitrogen and oxygen atoms in total. The fraction of sp³-hybridized carbons (Fsp3) is 0.0952. The zero-order valence-corrected chi connectivity index (χ0v) is 15.2. The van der Waals surface area contributed by atoms with Gasteiger partial charge in [0.15, 0.2) is 0 Å². The molecule has 0 aliphatic rings. The maximum Gasteiger partial charge on any atom is 0.262 e. The van der Waals surface area contributed by atoms with E-state index in [1.807, 2.05) is 41.8 Å². The second-order valence-electron chi connectivity index (χ2n) is 5.87. The molecule has 0 bridgehead atoms. The molecule has 2 amide bonds. The van der Waals surface area contributed by atoms with Gasteiger partial charge in [0.2, 0.25) is 5.91 Å². The van der Waals surface area contributed by atoms with E-state index < -0.39 is 6.04 Å². The average Bonchev–Trinajstić information content (AvgIpc) is 3.23. The Labute approximate surface area is 161 Å². The molecular weight excluding hydrogens is 358 g/mol. The molecule has 3 rings (SSSR count). The summed E-state index contributed by atoms with van der Waals surface area (Å²) in [6.45, 7) is 0. The monoisotopic (exact) mass is 375 g/mol. The van der Waals surface area contributed by atoms with Crippen LogP contribution >= 0.6 is 11.3 Å². The van der Waals surface area contributed by atoms with E-state index >= 15 is 0 Å². The highest BCUT2D eigenvalue weighted by atomic mass is 32.1. The van der Waals surface area contributed by atoms with Gasteiger partial charge in [-0.05, 0) is 35.2 Å². The largest absolute Gasteiger partial charge is 0.339 e. The van der Waals surface area contributed by atoms with Gasteiger partial charge < -0.3 is 10.6 Å². The van der Waals surface area contributed by atoms with Crippen LogP contribution in [0.1, 0.15) is 20.8 Å². The van der Waals surface area contributed by atoms with Crippen molar-refractivity contribution in [2.24, 2.45) is 0 Å². The van der Waals surface area contributed by atoms with Gasteiger partial charge in [0.1, 0.15) is 6.04 Å². The van der Waals surface area contributed by atoms with Crippen LogP contribution in [-0.2, 0) is 11.2 Å². The van der Waals surface area contributed by atoms with Gasteiger partial charge in [0, 0.05) is 12.1 Å². The second-order valence-corrected chi connectivity index (χ2v) is 6.82. The van der Waals surface area contributed by atoms with Crippen LogP contribution in [0.2, 0.25) is 0 Å². The van der Waals surface area contributed by atoms with Crippen molar-refractivity contribution in [2.75, 3.05) is 5.32 Å². The van der Waals surface area contributed by atoms with Gasteiger partial charge in [-0.15, -0.1) is 11.3 Å². The minimum Gasteiger partial charge on any atom is -0.339 e. The van der Waals surface area contributed by atoms with Crippen molar-refractivity contribution < 1.29 is 9.59 Å². The predicted molar refractivity (Wildman–Crippen MR) is 106 cm³/mol. The fourth-order valence-corrected chi connectivity index (χ4v) is 3.22. The Kier molecular flexibility index (Phi) is 5.98. The van der Waals surface area contributed by atoms with E-state index in [1.54, 1.807) is 36.4 Å². The number of nitrogens with zero attached hydrogens (tertiary/aromatic N) is 1. The molecule has 0 fully saturated rings. The number of nitriles is 1. The van der Waals surface area contributed by atoms with Crippen LogP contribution in [0.25, 0.3) is 0 Å². The van der Waals surface area contributed by atoms with Crippen molar-refractivity contribution in [1.82, 2.24) is 5.32 Å². The number of nitrogens with one attached hydrogen (secondary N) is 2. The first-order valence-corrected chi connectivity index (χ1v) is 9.23. The summed E-state index contributed by atoms with van der Waals surface area (Å²) in [7, 11) is 0. The maximum atomic E-state index is 12.8. The Morgan fingerprint density at radius 1 is 1.04 bits per heavy atom. The third kappa shape index (κ3) is 5.03. The number of hydrogen-bond donors (Lipinski definition) is 2. The number of carbonyl (C=O) groups excluding carboxylic acids is 2. The molecule has 6 heteroatoms. The first-order valence-electron chi connectivity index (χ1n) is 8.35. The van der Waals surface area contributed by atoms with Gasteiger partial charge in [0.05, 0.1) is 16.5 Å². The minimum absolute atomic E-state index is 0.285. The molecule has 3 aromatic rings. The van der Waals surface area contributed by atoms with E-state index in [4.69, 9.17) is 5.26 Å². The number of amides is 2. The van der Waals surface area contributed by atoms with Gasteiger partial charge in [-0.25, -0.2) is 0 Å². The topological polar surface area (TPSA) is 82.0 Å². The lowest BCUT2D eigenvalue weighted by molar-refractivity contribution is -0.118. The van der Waals surface area contributed by atoms with Crippen LogP contribution in [0.15, 0.2) is 72.1 Å². The summed E-state index contributed by atoms with van der Waals surface area (Å²) in [5, 5.41) is 16.4. The zero-order valence-electron chi connectivity index (χ0n) is 14.4. The molecule has 0 aliphatic carbocycles. The van der Waals surface area contributed by atoms with Crippen LogP contribution in [-0.4, -0.2) is 17.9 Å². The lowest BCUT2D eigenvalue weighted by Gasteiger charge is -2.18. The lowest BCUT2D eigenvalue weighted by Crippen LogP contribution is -2.45. The molecular formula is C21H17N3O2S. The minimum atomic E-state index is -0.743. The molecule has 0 radical (unpaired) electrons. The molecule has 27 heavy (non-hydrogen) atoms. The Morgan fingerprint density at radius 2 is 1.85 bits per heavy atom. The molecule has 0 saturated carbocycles. The van der Waals surface area contributed by atoms with Crippen LogP contribution in [0.5, 0.6) is 0 Å². The number of rotatable bonds is 6. The van der Waals surface area contributed by atoms with E-state index in [-0.39, 0.29) is 11.8 Å². The van der Waals surface area contributed by atoms with E-state index in [0.717, 1.165) is 5.56 Å². The fourth-order valence-electron chi connectivity index (χ4n) is 2.59. The molecule has 134 valence electrons. The summed E-state index contributed by atoms with van der Waals surface area (Å²) in [6, 6.07) is 21.0. The van der Waals surface area contributed by atoms with Gasteiger partial charge in [-0.3, -0.25) is 9.59 Å². The van der Waals surface area contributed by atoms with E-state index in [9.17, 15) is 9.59 Å². The molecule has 0 saturated heterocycles. The van der Waals surface area contributed by atoms with E-state index in [1.165, 1.54) is 11.3 Å². The highest BCUT2D eigenvalue weighted by molar-refractivity contribution is 7.12. The maximum absolute atomic E-state index is 12.8. The summed E-state index contributed by atoms with van der Waals surface area (Å²) in [5.74, 6) is -0.620. The molecule has 1 heterocycles. The SMILES string of the molecule is N#Cc1cccc(NC(=O)C(Cc2ccccc2)NC(=O)c2cccs2)c1. The van der Waals surface area contributed by atoms with Crippen molar-refractivity contribution in [3.05, 3.63) is 88.1 Å². The summed E-state index contributed by atoms with van der Waals surface area (Å²) in [5.41, 5.74) is 1.91. The van der Waals surface area contributed by atoms with Crippen molar-refractivity contribution in [3.8, 4) is 6.07 Å². The van der Waals surface area contributed by atoms with Crippen molar-refractivity contribution in [3.63, 3.8) is 0 Å². The van der Waals surface area contributed by atoms with Crippen LogP contribution < -0.4 is 10.6 Å². The molecule has 0 spiro atoms. The summed E-state index contributed by atoms with van der Waals surface area (Å²) < 4.78 is 0. The van der Waals surface area contributed by atoms with E-state index in [2.05, 4.69) is 10.6 Å². The third-order valence-corrected chi connectivity index (χ3v) is 4.78. The highest BCUT2D eigenvalue weighted by Gasteiger charge is 2.22. The number of thiophene rings is 1. The summed E-state index contributed by atoms with van der Waals surface area (Å²) in [4.78, 5) is 25.8. The third-order valence-electron chi connectivity index (χ3n) is 3.91. The zero-order chi connectivity index (χ0) is 19.1. The van der Waals surface area contributed by atoms with Gasteiger partial charge in [0.25, 0.3) is 5.91 Å². The average molecular weight is 375 g/mol. The molecule has 2 aromatic carbocycles. The highest BCUT2D eigenvalue weighted by Crippen LogP contribution is 2.13. The molecule has 2 N–H and O–H groups in total. The van der Waals surface area contributed by atoms with Crippen molar-refractivity contribution in [1.29, 1.82) is 5.26 Å².